The van der Waals surface area contributed by atoms with E-state index in [4.69, 9.17) is 4.74 Å². The minimum atomic E-state index is 0.434. The summed E-state index contributed by atoms with van der Waals surface area (Å²) in [5.41, 5.74) is 1.36. The van der Waals surface area contributed by atoms with Gasteiger partial charge in [0.25, 0.3) is 0 Å². The number of hydrogen-bond acceptors (Lipinski definition) is 2. The van der Waals surface area contributed by atoms with Crippen LogP contribution >= 0.6 is 0 Å². The van der Waals surface area contributed by atoms with E-state index < -0.39 is 0 Å². The third kappa shape index (κ3) is 3.99. The predicted molar refractivity (Wildman–Crippen MR) is 83.0 cm³/mol. The predicted octanol–water partition coefficient (Wildman–Crippen LogP) is 4.29. The number of hydrogen-bond donors (Lipinski definition) is 1. The molecule has 110 valence electrons. The van der Waals surface area contributed by atoms with Crippen molar-refractivity contribution in [2.75, 3.05) is 0 Å². The molecule has 2 unspecified atom stereocenters. The first-order chi connectivity index (χ1) is 9.83. The van der Waals surface area contributed by atoms with Gasteiger partial charge in [-0.15, -0.1) is 0 Å². The van der Waals surface area contributed by atoms with Crippen molar-refractivity contribution in [2.24, 2.45) is 5.92 Å². The molecule has 0 radical (unpaired) electrons. The Morgan fingerprint density at radius 1 is 1.10 bits per heavy atom. The summed E-state index contributed by atoms with van der Waals surface area (Å²) in [7, 11) is 0. The van der Waals surface area contributed by atoms with Crippen molar-refractivity contribution >= 4 is 0 Å². The number of rotatable bonds is 6. The summed E-state index contributed by atoms with van der Waals surface area (Å²) in [5, 5.41) is 3.55. The van der Waals surface area contributed by atoms with Gasteiger partial charge in [0, 0.05) is 12.6 Å². The Bertz CT molecular complexity index is 410. The van der Waals surface area contributed by atoms with E-state index in [-0.39, 0.29) is 0 Å². The van der Waals surface area contributed by atoms with Gasteiger partial charge in [0.15, 0.2) is 0 Å². The highest BCUT2D eigenvalue weighted by Gasteiger charge is 2.22. The van der Waals surface area contributed by atoms with Crippen LogP contribution in [0.25, 0.3) is 0 Å². The summed E-state index contributed by atoms with van der Waals surface area (Å²) < 4.78 is 6.16. The molecule has 1 aromatic carbocycles. The molecule has 0 aliphatic heterocycles. The van der Waals surface area contributed by atoms with Crippen molar-refractivity contribution in [3.63, 3.8) is 0 Å². The largest absolute Gasteiger partial charge is 0.490 e. The molecule has 0 bridgehead atoms. The molecule has 1 aromatic rings. The Hall–Kier alpha value is -1.02. The van der Waals surface area contributed by atoms with Gasteiger partial charge in [-0.1, -0.05) is 31.9 Å². The molecule has 2 saturated carbocycles. The maximum atomic E-state index is 6.16. The SMILES string of the molecule is CCC1CCCC(Oc2ccc(CNC3CC3)cc2)C1. The second-order valence-corrected chi connectivity index (χ2v) is 6.48. The molecule has 0 aromatic heterocycles. The average molecular weight is 273 g/mol. The Morgan fingerprint density at radius 3 is 2.60 bits per heavy atom. The lowest BCUT2D eigenvalue weighted by Crippen LogP contribution is -2.25. The number of nitrogens with one attached hydrogen (secondary N) is 1. The lowest BCUT2D eigenvalue weighted by Gasteiger charge is -2.29. The molecule has 0 amide bonds. The van der Waals surface area contributed by atoms with E-state index in [0.29, 0.717) is 6.10 Å². The monoisotopic (exact) mass is 273 g/mol. The summed E-state index contributed by atoms with van der Waals surface area (Å²) in [6, 6.07) is 9.45. The molecule has 2 fully saturated rings. The molecule has 0 heterocycles. The summed E-state index contributed by atoms with van der Waals surface area (Å²) >= 11 is 0. The van der Waals surface area contributed by atoms with Crippen LogP contribution in [-0.2, 0) is 6.54 Å². The van der Waals surface area contributed by atoms with E-state index in [1.165, 1.54) is 50.5 Å². The van der Waals surface area contributed by atoms with Gasteiger partial charge in [0.05, 0.1) is 6.10 Å². The van der Waals surface area contributed by atoms with Crippen LogP contribution in [0.4, 0.5) is 0 Å². The van der Waals surface area contributed by atoms with Crippen LogP contribution < -0.4 is 10.1 Å². The van der Waals surface area contributed by atoms with E-state index in [1.54, 1.807) is 0 Å². The number of ether oxygens (including phenoxy) is 1. The topological polar surface area (TPSA) is 21.3 Å². The zero-order valence-corrected chi connectivity index (χ0v) is 12.6. The Kier molecular flexibility index (Phi) is 4.62. The van der Waals surface area contributed by atoms with Gasteiger partial charge >= 0.3 is 0 Å². The van der Waals surface area contributed by atoms with E-state index in [9.17, 15) is 0 Å². The van der Waals surface area contributed by atoms with Crippen molar-refractivity contribution in [3.8, 4) is 5.75 Å². The van der Waals surface area contributed by atoms with Crippen LogP contribution in [0.3, 0.4) is 0 Å². The third-order valence-electron chi connectivity index (χ3n) is 4.71. The van der Waals surface area contributed by atoms with E-state index in [0.717, 1.165) is 24.3 Å². The maximum Gasteiger partial charge on any atom is 0.119 e. The Labute approximate surface area is 122 Å². The van der Waals surface area contributed by atoms with Gasteiger partial charge < -0.3 is 10.1 Å². The summed E-state index contributed by atoms with van der Waals surface area (Å²) in [6.07, 6.45) is 9.61. The molecule has 2 aliphatic carbocycles. The fourth-order valence-corrected chi connectivity index (χ4v) is 3.15. The molecule has 2 aliphatic rings. The van der Waals surface area contributed by atoms with Crippen LogP contribution in [-0.4, -0.2) is 12.1 Å². The van der Waals surface area contributed by atoms with Crippen molar-refractivity contribution in [2.45, 2.75) is 70.6 Å². The summed E-state index contributed by atoms with van der Waals surface area (Å²) in [5.74, 6) is 1.91. The smallest absolute Gasteiger partial charge is 0.119 e. The zero-order chi connectivity index (χ0) is 13.8. The quantitative estimate of drug-likeness (QED) is 0.835. The van der Waals surface area contributed by atoms with Crippen molar-refractivity contribution < 1.29 is 4.74 Å². The summed E-state index contributed by atoms with van der Waals surface area (Å²) in [4.78, 5) is 0. The van der Waals surface area contributed by atoms with Gasteiger partial charge in [-0.25, -0.2) is 0 Å². The zero-order valence-electron chi connectivity index (χ0n) is 12.6. The molecule has 3 rings (SSSR count). The molecular formula is C18H27NO. The summed E-state index contributed by atoms with van der Waals surface area (Å²) in [6.45, 7) is 3.29. The highest BCUT2D eigenvalue weighted by atomic mass is 16.5. The standard InChI is InChI=1S/C18H27NO/c1-2-14-4-3-5-18(12-14)20-17-10-6-15(7-11-17)13-19-16-8-9-16/h6-7,10-11,14,16,18-19H,2-5,8-9,12-13H2,1H3. The van der Waals surface area contributed by atoms with Gasteiger partial charge in [0.1, 0.15) is 5.75 Å². The van der Waals surface area contributed by atoms with Gasteiger partial charge in [-0.3, -0.25) is 0 Å². The molecule has 0 spiro atoms. The van der Waals surface area contributed by atoms with Gasteiger partial charge in [0.2, 0.25) is 0 Å². The molecule has 2 heteroatoms. The maximum absolute atomic E-state index is 6.16. The van der Waals surface area contributed by atoms with Crippen LogP contribution in [0.1, 0.15) is 57.4 Å². The first-order valence-electron chi connectivity index (χ1n) is 8.32. The van der Waals surface area contributed by atoms with E-state index in [2.05, 4.69) is 36.5 Å². The van der Waals surface area contributed by atoms with Crippen LogP contribution in [0.2, 0.25) is 0 Å². The normalized spacial score (nSPS) is 26.4. The third-order valence-corrected chi connectivity index (χ3v) is 4.71. The molecule has 20 heavy (non-hydrogen) atoms. The van der Waals surface area contributed by atoms with Crippen molar-refractivity contribution in [1.82, 2.24) is 5.32 Å². The fraction of sp³-hybridized carbons (Fsp3) is 0.667. The molecule has 2 atom stereocenters. The molecule has 2 nitrogen and oxygen atoms in total. The average Bonchev–Trinajstić information content (AvgIpc) is 3.31. The second kappa shape index (κ2) is 6.62. The number of benzene rings is 1. The molecular weight excluding hydrogens is 246 g/mol. The van der Waals surface area contributed by atoms with E-state index in [1.807, 2.05) is 0 Å². The lowest BCUT2D eigenvalue weighted by molar-refractivity contribution is 0.122. The lowest BCUT2D eigenvalue weighted by atomic mass is 9.85. The van der Waals surface area contributed by atoms with E-state index >= 15 is 0 Å². The van der Waals surface area contributed by atoms with Gasteiger partial charge in [-0.05, 0) is 55.7 Å². The van der Waals surface area contributed by atoms with Crippen LogP contribution in [0.5, 0.6) is 5.75 Å². The Morgan fingerprint density at radius 2 is 1.90 bits per heavy atom. The first-order valence-corrected chi connectivity index (χ1v) is 8.32. The minimum absolute atomic E-state index is 0.434. The molecule has 1 N–H and O–H groups in total. The Balaban J connectivity index is 1.49. The second-order valence-electron chi connectivity index (χ2n) is 6.48. The van der Waals surface area contributed by atoms with Crippen molar-refractivity contribution in [1.29, 1.82) is 0 Å². The van der Waals surface area contributed by atoms with Gasteiger partial charge in [-0.2, -0.15) is 0 Å². The minimum Gasteiger partial charge on any atom is -0.490 e. The fourth-order valence-electron chi connectivity index (χ4n) is 3.15. The van der Waals surface area contributed by atoms with Crippen LogP contribution in [0, 0.1) is 5.92 Å². The van der Waals surface area contributed by atoms with Crippen LogP contribution in [0.15, 0.2) is 24.3 Å². The highest BCUT2D eigenvalue weighted by molar-refractivity contribution is 5.27. The van der Waals surface area contributed by atoms with Crippen molar-refractivity contribution in [3.05, 3.63) is 29.8 Å². The highest BCUT2D eigenvalue weighted by Crippen LogP contribution is 2.29. The first kappa shape index (κ1) is 13.9. The molecule has 0 saturated heterocycles.